The third kappa shape index (κ3) is 3.20. The van der Waals surface area contributed by atoms with Crippen LogP contribution >= 0.6 is 11.3 Å². The largest absolute Gasteiger partial charge is 0.372 e. The monoisotopic (exact) mass is 315 g/mol. The van der Waals surface area contributed by atoms with E-state index in [9.17, 15) is 0 Å². The summed E-state index contributed by atoms with van der Waals surface area (Å²) in [5.41, 5.74) is 1.75. The summed E-state index contributed by atoms with van der Waals surface area (Å²) in [7, 11) is 0. The Balaban J connectivity index is 1.79. The lowest BCUT2D eigenvalue weighted by Crippen LogP contribution is -2.04. The van der Waals surface area contributed by atoms with Gasteiger partial charge in [-0.05, 0) is 13.8 Å². The van der Waals surface area contributed by atoms with Crippen molar-refractivity contribution in [2.24, 2.45) is 0 Å². The summed E-state index contributed by atoms with van der Waals surface area (Å²) in [5.74, 6) is 0.792. The number of aromatic nitrogens is 5. The maximum Gasteiger partial charge on any atom is 0.160 e. The number of nitrogens with zero attached hydrogens (tertiary/aromatic N) is 5. The van der Waals surface area contributed by atoms with Crippen molar-refractivity contribution in [3.05, 3.63) is 47.1 Å². The molecule has 0 aliphatic rings. The molecule has 3 heterocycles. The summed E-state index contributed by atoms with van der Waals surface area (Å²) in [6.45, 7) is 5.35. The second-order valence-corrected chi connectivity index (χ2v) is 5.63. The zero-order valence-electron chi connectivity index (χ0n) is 12.5. The number of imidazole rings is 1. The van der Waals surface area contributed by atoms with Gasteiger partial charge in [0.2, 0.25) is 0 Å². The van der Waals surface area contributed by atoms with Crippen LogP contribution in [0.15, 0.2) is 36.4 Å². The van der Waals surface area contributed by atoms with Gasteiger partial charge in [-0.25, -0.2) is 15.0 Å². The molecule has 0 aromatic carbocycles. The molecule has 0 aliphatic carbocycles. The van der Waals surface area contributed by atoms with Crippen LogP contribution in [0.4, 0.5) is 0 Å². The molecule has 3 aromatic heterocycles. The van der Waals surface area contributed by atoms with Gasteiger partial charge in [-0.1, -0.05) is 0 Å². The van der Waals surface area contributed by atoms with Gasteiger partial charge in [-0.3, -0.25) is 4.98 Å². The van der Waals surface area contributed by atoms with Crippen molar-refractivity contribution in [1.82, 2.24) is 24.5 Å². The molecule has 0 fully saturated rings. The van der Waals surface area contributed by atoms with E-state index in [1.54, 1.807) is 36.1 Å². The van der Waals surface area contributed by atoms with Crippen molar-refractivity contribution >= 4 is 11.3 Å². The fourth-order valence-corrected chi connectivity index (χ4v) is 2.98. The lowest BCUT2D eigenvalue weighted by atomic mass is 10.4. The number of ether oxygens (including phenoxy) is 1. The van der Waals surface area contributed by atoms with E-state index in [4.69, 9.17) is 4.74 Å². The number of hydrogen-bond donors (Lipinski definition) is 0. The molecule has 1 atom stereocenters. The minimum Gasteiger partial charge on any atom is -0.372 e. The van der Waals surface area contributed by atoms with Crippen molar-refractivity contribution in [2.45, 2.75) is 26.5 Å². The standard InChI is InChI=1S/C15H17N5OS/c1-3-21-11(2)15-19-12(10-22-15)9-20-7-6-18-14(20)13-8-16-4-5-17-13/h4-8,10-11H,3,9H2,1-2H3/t11-/m0/s1. The Labute approximate surface area is 132 Å². The van der Waals surface area contributed by atoms with Gasteiger partial charge in [0.25, 0.3) is 0 Å². The van der Waals surface area contributed by atoms with Crippen LogP contribution in [0.2, 0.25) is 0 Å². The predicted molar refractivity (Wildman–Crippen MR) is 84.5 cm³/mol. The molecule has 7 heteroatoms. The molecule has 0 saturated carbocycles. The van der Waals surface area contributed by atoms with Crippen LogP contribution in [0, 0.1) is 0 Å². The highest BCUT2D eigenvalue weighted by Gasteiger charge is 2.12. The highest BCUT2D eigenvalue weighted by Crippen LogP contribution is 2.22. The summed E-state index contributed by atoms with van der Waals surface area (Å²) in [6.07, 6.45) is 8.75. The Bertz CT molecular complexity index is 724. The molecule has 22 heavy (non-hydrogen) atoms. The second kappa shape index (κ2) is 6.76. The molecule has 0 spiro atoms. The molecule has 0 saturated heterocycles. The summed E-state index contributed by atoms with van der Waals surface area (Å²) < 4.78 is 7.60. The third-order valence-electron chi connectivity index (χ3n) is 3.17. The Kier molecular flexibility index (Phi) is 4.55. The lowest BCUT2D eigenvalue weighted by Gasteiger charge is -2.07. The van der Waals surface area contributed by atoms with Gasteiger partial charge >= 0.3 is 0 Å². The van der Waals surface area contributed by atoms with Crippen LogP contribution < -0.4 is 0 Å². The minimum atomic E-state index is 0.0333. The number of rotatable bonds is 6. The zero-order chi connectivity index (χ0) is 15.4. The summed E-state index contributed by atoms with van der Waals surface area (Å²) in [6, 6.07) is 0. The van der Waals surface area contributed by atoms with E-state index < -0.39 is 0 Å². The van der Waals surface area contributed by atoms with Crippen molar-refractivity contribution in [3.63, 3.8) is 0 Å². The van der Waals surface area contributed by atoms with Crippen LogP contribution in [-0.4, -0.2) is 31.1 Å². The molecular weight excluding hydrogens is 298 g/mol. The fraction of sp³-hybridized carbons (Fsp3) is 0.333. The molecule has 114 valence electrons. The maximum atomic E-state index is 5.58. The average Bonchev–Trinajstić information content (AvgIpc) is 3.18. The second-order valence-electron chi connectivity index (χ2n) is 4.74. The average molecular weight is 315 g/mol. The first kappa shape index (κ1) is 14.8. The molecule has 0 N–H and O–H groups in total. The molecular formula is C15H17N5OS. The van der Waals surface area contributed by atoms with Gasteiger partial charge in [-0.15, -0.1) is 11.3 Å². The van der Waals surface area contributed by atoms with Crippen molar-refractivity contribution in [3.8, 4) is 11.5 Å². The molecule has 6 nitrogen and oxygen atoms in total. The Morgan fingerprint density at radius 1 is 1.27 bits per heavy atom. The summed E-state index contributed by atoms with van der Waals surface area (Å²) >= 11 is 1.62. The molecule has 0 aliphatic heterocycles. The predicted octanol–water partition coefficient (Wildman–Crippen LogP) is 2.94. The Morgan fingerprint density at radius 3 is 2.95 bits per heavy atom. The van der Waals surface area contributed by atoms with E-state index >= 15 is 0 Å². The highest BCUT2D eigenvalue weighted by atomic mass is 32.1. The topological polar surface area (TPSA) is 65.7 Å². The Morgan fingerprint density at radius 2 is 2.18 bits per heavy atom. The summed E-state index contributed by atoms with van der Waals surface area (Å²) in [5, 5.41) is 3.06. The van der Waals surface area contributed by atoms with Crippen molar-refractivity contribution in [1.29, 1.82) is 0 Å². The molecule has 0 unspecified atom stereocenters. The van der Waals surface area contributed by atoms with Crippen LogP contribution in [0.3, 0.4) is 0 Å². The van der Waals surface area contributed by atoms with Crippen LogP contribution in [0.1, 0.15) is 30.7 Å². The highest BCUT2D eigenvalue weighted by molar-refractivity contribution is 7.09. The van der Waals surface area contributed by atoms with E-state index in [0.717, 1.165) is 22.2 Å². The first-order valence-corrected chi connectivity index (χ1v) is 7.99. The van der Waals surface area contributed by atoms with Gasteiger partial charge < -0.3 is 9.30 Å². The number of thiazole rings is 1. The van der Waals surface area contributed by atoms with Crippen LogP contribution in [0.5, 0.6) is 0 Å². The quantitative estimate of drug-likeness (QED) is 0.699. The minimum absolute atomic E-state index is 0.0333. The van der Waals surface area contributed by atoms with E-state index in [1.165, 1.54) is 0 Å². The molecule has 0 radical (unpaired) electrons. The van der Waals surface area contributed by atoms with Gasteiger partial charge in [0.1, 0.15) is 16.8 Å². The van der Waals surface area contributed by atoms with E-state index in [-0.39, 0.29) is 6.10 Å². The molecule has 3 rings (SSSR count). The van der Waals surface area contributed by atoms with Crippen LogP contribution in [0.25, 0.3) is 11.5 Å². The van der Waals surface area contributed by atoms with Gasteiger partial charge in [0, 0.05) is 36.8 Å². The van der Waals surface area contributed by atoms with Crippen molar-refractivity contribution < 1.29 is 4.74 Å². The SMILES string of the molecule is CCO[C@@H](C)c1nc(Cn2ccnc2-c2cnccn2)cs1. The maximum absolute atomic E-state index is 5.58. The van der Waals surface area contributed by atoms with Crippen LogP contribution in [-0.2, 0) is 11.3 Å². The molecule has 3 aromatic rings. The first-order chi connectivity index (χ1) is 10.8. The zero-order valence-corrected chi connectivity index (χ0v) is 13.3. The summed E-state index contributed by atoms with van der Waals surface area (Å²) in [4.78, 5) is 17.4. The third-order valence-corrected chi connectivity index (χ3v) is 4.23. The van der Waals surface area contributed by atoms with Gasteiger partial charge in [0.05, 0.1) is 18.4 Å². The van der Waals surface area contributed by atoms with Gasteiger partial charge in [0.15, 0.2) is 5.82 Å². The van der Waals surface area contributed by atoms with Gasteiger partial charge in [-0.2, -0.15) is 0 Å². The smallest absolute Gasteiger partial charge is 0.160 e. The number of hydrogen-bond acceptors (Lipinski definition) is 6. The van der Waals surface area contributed by atoms with E-state index in [2.05, 4.69) is 25.3 Å². The molecule has 0 bridgehead atoms. The van der Waals surface area contributed by atoms with E-state index in [1.807, 2.05) is 24.6 Å². The lowest BCUT2D eigenvalue weighted by molar-refractivity contribution is 0.0761. The Hall–Kier alpha value is -2.12. The molecule has 0 amide bonds. The fourth-order valence-electron chi connectivity index (χ4n) is 2.16. The van der Waals surface area contributed by atoms with Crippen molar-refractivity contribution in [2.75, 3.05) is 6.61 Å². The van der Waals surface area contributed by atoms with E-state index in [0.29, 0.717) is 13.2 Å². The normalized spacial score (nSPS) is 12.5. The first-order valence-electron chi connectivity index (χ1n) is 7.11.